The summed E-state index contributed by atoms with van der Waals surface area (Å²) in [6.45, 7) is 2.54. The van der Waals surface area contributed by atoms with Crippen molar-refractivity contribution >= 4 is 0 Å². The van der Waals surface area contributed by atoms with Crippen molar-refractivity contribution in [3.8, 4) is 5.75 Å². The van der Waals surface area contributed by atoms with Crippen LogP contribution in [0.3, 0.4) is 0 Å². The van der Waals surface area contributed by atoms with Crippen molar-refractivity contribution in [1.82, 2.24) is 5.32 Å². The molecule has 0 aromatic heterocycles. The number of hydrogen-bond acceptors (Lipinski definition) is 2. The third kappa shape index (κ3) is 5.96. The van der Waals surface area contributed by atoms with Crippen molar-refractivity contribution in [1.29, 1.82) is 0 Å². The van der Waals surface area contributed by atoms with E-state index in [4.69, 9.17) is 4.74 Å². The molecule has 0 aliphatic carbocycles. The van der Waals surface area contributed by atoms with Gasteiger partial charge in [0.1, 0.15) is 5.75 Å². The number of para-hydroxylation sites is 1. The maximum absolute atomic E-state index is 12.3. The lowest BCUT2D eigenvalue weighted by Crippen LogP contribution is -2.32. The van der Waals surface area contributed by atoms with Crippen molar-refractivity contribution < 1.29 is 17.9 Å². The highest BCUT2D eigenvalue weighted by Gasteiger charge is 2.28. The van der Waals surface area contributed by atoms with Crippen LogP contribution in [-0.4, -0.2) is 25.9 Å². The maximum Gasteiger partial charge on any atom is 0.389 e. The monoisotopic (exact) mass is 275 g/mol. The van der Waals surface area contributed by atoms with Gasteiger partial charge in [-0.3, -0.25) is 0 Å². The van der Waals surface area contributed by atoms with Gasteiger partial charge < -0.3 is 10.1 Å². The van der Waals surface area contributed by atoms with Gasteiger partial charge in [0.2, 0.25) is 0 Å². The van der Waals surface area contributed by atoms with Gasteiger partial charge in [0, 0.05) is 12.5 Å². The summed E-state index contributed by atoms with van der Waals surface area (Å²) in [5, 5.41) is 3.10. The smallest absolute Gasteiger partial charge is 0.389 e. The molecular weight excluding hydrogens is 255 g/mol. The Morgan fingerprint density at radius 1 is 1.26 bits per heavy atom. The van der Waals surface area contributed by atoms with Crippen molar-refractivity contribution in [2.24, 2.45) is 0 Å². The van der Waals surface area contributed by atoms with Crippen LogP contribution >= 0.6 is 0 Å². The first-order valence-corrected chi connectivity index (χ1v) is 6.38. The quantitative estimate of drug-likeness (QED) is 0.821. The average Bonchev–Trinajstić information content (AvgIpc) is 2.36. The van der Waals surface area contributed by atoms with Crippen molar-refractivity contribution in [3.63, 3.8) is 0 Å². The second-order valence-corrected chi connectivity index (χ2v) is 4.42. The second kappa shape index (κ2) is 7.38. The first-order valence-electron chi connectivity index (χ1n) is 6.38. The van der Waals surface area contributed by atoms with Crippen LogP contribution in [0.25, 0.3) is 0 Å². The zero-order valence-electron chi connectivity index (χ0n) is 11.3. The predicted octanol–water partition coefficient (Wildman–Crippen LogP) is 3.56. The van der Waals surface area contributed by atoms with Gasteiger partial charge in [-0.1, -0.05) is 25.1 Å². The molecule has 1 unspecified atom stereocenters. The van der Waals surface area contributed by atoms with Gasteiger partial charge in [-0.25, -0.2) is 0 Å². The minimum absolute atomic E-state index is 0.0788. The van der Waals surface area contributed by atoms with Gasteiger partial charge >= 0.3 is 6.18 Å². The van der Waals surface area contributed by atoms with Crippen LogP contribution in [-0.2, 0) is 6.42 Å². The number of rotatable bonds is 7. The molecule has 0 heterocycles. The van der Waals surface area contributed by atoms with Crippen LogP contribution in [0.5, 0.6) is 5.75 Å². The molecule has 1 aromatic rings. The largest absolute Gasteiger partial charge is 0.496 e. The number of ether oxygens (including phenoxy) is 1. The standard InChI is InChI=1S/C14H20F3NO/c1-3-18-12(8-9-14(15,16)17)10-11-6-4-5-7-13(11)19-2/h4-7,12,18H,3,8-10H2,1-2H3. The first kappa shape index (κ1) is 15.8. The van der Waals surface area contributed by atoms with Crippen molar-refractivity contribution in [2.75, 3.05) is 13.7 Å². The Kier molecular flexibility index (Phi) is 6.15. The minimum atomic E-state index is -4.10. The van der Waals surface area contributed by atoms with E-state index < -0.39 is 12.6 Å². The first-order chi connectivity index (χ1) is 8.96. The Balaban J connectivity index is 2.66. The molecule has 0 amide bonds. The summed E-state index contributed by atoms with van der Waals surface area (Å²) in [5.41, 5.74) is 0.929. The molecule has 1 aromatic carbocycles. The number of nitrogens with one attached hydrogen (secondary N) is 1. The van der Waals surface area contributed by atoms with E-state index in [-0.39, 0.29) is 12.5 Å². The van der Waals surface area contributed by atoms with E-state index in [0.717, 1.165) is 11.3 Å². The van der Waals surface area contributed by atoms with Gasteiger partial charge in [0.25, 0.3) is 0 Å². The zero-order valence-corrected chi connectivity index (χ0v) is 11.3. The Morgan fingerprint density at radius 2 is 1.95 bits per heavy atom. The lowest BCUT2D eigenvalue weighted by atomic mass is 10.0. The molecule has 1 atom stereocenters. The van der Waals surface area contributed by atoms with Crippen LogP contribution in [0.2, 0.25) is 0 Å². The number of likely N-dealkylation sites (N-methyl/N-ethyl adjacent to an activating group) is 1. The van der Waals surface area contributed by atoms with Crippen molar-refractivity contribution in [2.45, 2.75) is 38.4 Å². The number of benzene rings is 1. The van der Waals surface area contributed by atoms with Crippen LogP contribution in [0, 0.1) is 0 Å². The molecule has 1 rings (SSSR count). The molecule has 0 bridgehead atoms. The van der Waals surface area contributed by atoms with E-state index in [1.165, 1.54) is 0 Å². The summed E-state index contributed by atoms with van der Waals surface area (Å²) in [7, 11) is 1.57. The molecule has 0 fully saturated rings. The topological polar surface area (TPSA) is 21.3 Å². The summed E-state index contributed by atoms with van der Waals surface area (Å²) in [6.07, 6.45) is -4.25. The Bertz CT molecular complexity index is 379. The third-order valence-electron chi connectivity index (χ3n) is 2.93. The molecule has 0 spiro atoms. The Labute approximate surface area is 112 Å². The zero-order chi connectivity index (χ0) is 14.3. The molecule has 5 heteroatoms. The summed E-state index contributed by atoms with van der Waals surface area (Å²) in [5.74, 6) is 0.720. The van der Waals surface area contributed by atoms with Crippen LogP contribution in [0.4, 0.5) is 13.2 Å². The molecule has 0 saturated heterocycles. The minimum Gasteiger partial charge on any atom is -0.496 e. The van der Waals surface area contributed by atoms with E-state index in [2.05, 4.69) is 5.32 Å². The fourth-order valence-corrected chi connectivity index (χ4v) is 2.04. The second-order valence-electron chi connectivity index (χ2n) is 4.42. The number of hydrogen-bond donors (Lipinski definition) is 1. The fourth-order valence-electron chi connectivity index (χ4n) is 2.04. The Hall–Kier alpha value is -1.23. The predicted molar refractivity (Wildman–Crippen MR) is 69.5 cm³/mol. The highest BCUT2D eigenvalue weighted by Crippen LogP contribution is 2.25. The fraction of sp³-hybridized carbons (Fsp3) is 0.571. The van der Waals surface area contributed by atoms with E-state index in [0.29, 0.717) is 13.0 Å². The summed E-state index contributed by atoms with van der Waals surface area (Å²) in [6, 6.07) is 7.23. The van der Waals surface area contributed by atoms with Crippen LogP contribution < -0.4 is 10.1 Å². The van der Waals surface area contributed by atoms with Gasteiger partial charge in [-0.15, -0.1) is 0 Å². The summed E-state index contributed by atoms with van der Waals surface area (Å²) < 4.78 is 42.1. The van der Waals surface area contributed by atoms with Gasteiger partial charge in [0.15, 0.2) is 0 Å². The number of halogens is 3. The summed E-state index contributed by atoms with van der Waals surface area (Å²) >= 11 is 0. The molecule has 19 heavy (non-hydrogen) atoms. The van der Waals surface area contributed by atoms with Gasteiger partial charge in [-0.05, 0) is 31.0 Å². The lowest BCUT2D eigenvalue weighted by Gasteiger charge is -2.20. The molecular formula is C14H20F3NO. The van der Waals surface area contributed by atoms with Crippen LogP contribution in [0.1, 0.15) is 25.3 Å². The highest BCUT2D eigenvalue weighted by atomic mass is 19.4. The maximum atomic E-state index is 12.3. The number of methoxy groups -OCH3 is 1. The van der Waals surface area contributed by atoms with Crippen LogP contribution in [0.15, 0.2) is 24.3 Å². The molecule has 0 saturated carbocycles. The molecule has 0 aliphatic heterocycles. The third-order valence-corrected chi connectivity index (χ3v) is 2.93. The van der Waals surface area contributed by atoms with Crippen molar-refractivity contribution in [3.05, 3.63) is 29.8 Å². The van der Waals surface area contributed by atoms with Gasteiger partial charge in [0.05, 0.1) is 7.11 Å². The molecule has 108 valence electrons. The number of alkyl halides is 3. The molecule has 0 radical (unpaired) electrons. The molecule has 2 nitrogen and oxygen atoms in total. The normalized spacial score (nSPS) is 13.3. The van der Waals surface area contributed by atoms with Gasteiger partial charge in [-0.2, -0.15) is 13.2 Å². The van der Waals surface area contributed by atoms with E-state index in [9.17, 15) is 13.2 Å². The molecule has 0 aliphatic rings. The molecule has 1 N–H and O–H groups in total. The lowest BCUT2D eigenvalue weighted by molar-refractivity contribution is -0.136. The highest BCUT2D eigenvalue weighted by molar-refractivity contribution is 5.33. The van der Waals surface area contributed by atoms with E-state index in [1.807, 2.05) is 31.2 Å². The SMILES string of the molecule is CCNC(CCC(F)(F)F)Cc1ccccc1OC. The Morgan fingerprint density at radius 3 is 2.53 bits per heavy atom. The van der Waals surface area contributed by atoms with E-state index in [1.54, 1.807) is 7.11 Å². The average molecular weight is 275 g/mol. The van der Waals surface area contributed by atoms with E-state index >= 15 is 0 Å². The summed E-state index contributed by atoms with van der Waals surface area (Å²) in [4.78, 5) is 0.